The molecule has 3 amide bonds. The van der Waals surface area contributed by atoms with Crippen LogP contribution in [-0.4, -0.2) is 30.2 Å². The van der Waals surface area contributed by atoms with Crippen molar-refractivity contribution in [2.45, 2.75) is 46.5 Å². The predicted molar refractivity (Wildman–Crippen MR) is 133 cm³/mol. The summed E-state index contributed by atoms with van der Waals surface area (Å²) in [5, 5.41) is 0. The van der Waals surface area contributed by atoms with E-state index in [1.807, 2.05) is 39.0 Å². The van der Waals surface area contributed by atoms with Crippen LogP contribution in [0.1, 0.15) is 42.4 Å². The van der Waals surface area contributed by atoms with Gasteiger partial charge in [-0.15, -0.1) is 0 Å². The summed E-state index contributed by atoms with van der Waals surface area (Å²) < 4.78 is 5.65. The Labute approximate surface area is 210 Å². The van der Waals surface area contributed by atoms with Crippen LogP contribution >= 0.6 is 0 Å². The van der Waals surface area contributed by atoms with Gasteiger partial charge in [-0.3, -0.25) is 19.2 Å². The van der Waals surface area contributed by atoms with Gasteiger partial charge in [0.15, 0.2) is 0 Å². The van der Waals surface area contributed by atoms with E-state index >= 15 is 0 Å². The topological polar surface area (TPSA) is 84.0 Å². The summed E-state index contributed by atoms with van der Waals surface area (Å²) in [7, 11) is 0. The average molecular weight is 487 g/mol. The smallest absolute Gasteiger partial charge is 0.316 e. The van der Waals surface area contributed by atoms with Crippen molar-refractivity contribution in [1.29, 1.82) is 0 Å². The number of rotatable bonds is 4. The Balaban J connectivity index is 1.16. The summed E-state index contributed by atoms with van der Waals surface area (Å²) in [6, 6.07) is 10.9. The summed E-state index contributed by atoms with van der Waals surface area (Å²) in [5.74, 6) is -0.612. The first-order valence-corrected chi connectivity index (χ1v) is 12.8. The van der Waals surface area contributed by atoms with Crippen molar-refractivity contribution in [2.75, 3.05) is 16.3 Å². The molecule has 0 spiro atoms. The highest BCUT2D eigenvalue weighted by Gasteiger charge is 2.61. The van der Waals surface area contributed by atoms with E-state index in [1.54, 1.807) is 23.1 Å². The summed E-state index contributed by atoms with van der Waals surface area (Å²) in [4.78, 5) is 55.0. The standard InChI is InChI=1S/C29H30N2O5/c1-15-4-5-16(2)23(10-15)30-14-20(13-24(30)32)29(35)36-21-8-9-22(17(3)11-21)31-27(33)25-18-6-7-19(12-18)26(25)28(31)34/h4-5,8-11,18-20,25-26H,6-7,12-14H2,1-3H3/t18-,19-,20+,25-,26-/m0/s1. The largest absolute Gasteiger partial charge is 0.426 e. The van der Waals surface area contributed by atoms with Crippen LogP contribution in [-0.2, 0) is 19.2 Å². The number of benzene rings is 2. The van der Waals surface area contributed by atoms with Gasteiger partial charge < -0.3 is 9.64 Å². The molecule has 2 aromatic rings. The van der Waals surface area contributed by atoms with Crippen LogP contribution in [0.5, 0.6) is 5.75 Å². The molecule has 2 saturated carbocycles. The molecule has 2 aromatic carbocycles. The highest BCUT2D eigenvalue weighted by atomic mass is 16.5. The second kappa shape index (κ2) is 8.29. The molecular weight excluding hydrogens is 456 g/mol. The first-order valence-electron chi connectivity index (χ1n) is 12.8. The van der Waals surface area contributed by atoms with Crippen LogP contribution in [0.4, 0.5) is 11.4 Å². The predicted octanol–water partition coefficient (Wildman–Crippen LogP) is 4.11. The fraction of sp³-hybridized carbons (Fsp3) is 0.448. The number of amides is 3. The third-order valence-corrected chi connectivity index (χ3v) is 8.67. The fourth-order valence-corrected chi connectivity index (χ4v) is 6.90. The van der Waals surface area contributed by atoms with Gasteiger partial charge in [0, 0.05) is 18.7 Å². The molecule has 4 aliphatic rings. The molecular formula is C29H30N2O5. The number of fused-ring (bicyclic) bond motifs is 5. The van der Waals surface area contributed by atoms with Crippen LogP contribution in [0.15, 0.2) is 36.4 Å². The van der Waals surface area contributed by atoms with Gasteiger partial charge in [0.2, 0.25) is 17.7 Å². The van der Waals surface area contributed by atoms with E-state index in [4.69, 9.17) is 4.74 Å². The minimum Gasteiger partial charge on any atom is -0.426 e. The van der Waals surface area contributed by atoms with Crippen molar-refractivity contribution in [3.8, 4) is 5.75 Å². The van der Waals surface area contributed by atoms with Gasteiger partial charge in [-0.1, -0.05) is 12.1 Å². The molecule has 2 heterocycles. The minimum absolute atomic E-state index is 0.0824. The molecule has 2 aliphatic carbocycles. The number of imide groups is 1. The molecule has 2 saturated heterocycles. The lowest BCUT2D eigenvalue weighted by atomic mass is 9.81. The Hall–Kier alpha value is -3.48. The van der Waals surface area contributed by atoms with Crippen LogP contribution < -0.4 is 14.5 Å². The number of anilines is 2. The second-order valence-electron chi connectivity index (χ2n) is 11.0. The number of nitrogens with zero attached hydrogens (tertiary/aromatic N) is 2. The molecule has 0 radical (unpaired) electrons. The summed E-state index contributed by atoms with van der Waals surface area (Å²) in [6.45, 7) is 6.02. The summed E-state index contributed by atoms with van der Waals surface area (Å²) >= 11 is 0. The molecule has 4 fully saturated rings. The molecule has 6 rings (SSSR count). The zero-order valence-electron chi connectivity index (χ0n) is 20.8. The van der Waals surface area contributed by atoms with E-state index in [0.717, 1.165) is 36.1 Å². The Morgan fingerprint density at radius 3 is 2.22 bits per heavy atom. The zero-order chi connectivity index (χ0) is 25.3. The van der Waals surface area contributed by atoms with Crippen LogP contribution in [0.3, 0.4) is 0 Å². The monoisotopic (exact) mass is 486 g/mol. The van der Waals surface area contributed by atoms with Gasteiger partial charge in [0.05, 0.1) is 23.4 Å². The lowest BCUT2D eigenvalue weighted by Crippen LogP contribution is -2.33. The number of carbonyl (C=O) groups excluding carboxylic acids is 4. The number of carbonyl (C=O) groups is 4. The lowest BCUT2D eigenvalue weighted by molar-refractivity contribution is -0.139. The summed E-state index contributed by atoms with van der Waals surface area (Å²) in [6.07, 6.45) is 3.18. The molecule has 0 unspecified atom stereocenters. The first kappa shape index (κ1) is 23.0. The molecule has 2 aliphatic heterocycles. The highest BCUT2D eigenvalue weighted by Crippen LogP contribution is 2.56. The molecule has 0 aromatic heterocycles. The SMILES string of the molecule is Cc1ccc(C)c(N2C[C@H](C(=O)Oc3ccc(N4C(=O)[C@H]5[C@H]6CC[C@@H](C6)[C@@H]5C4=O)c(C)c3)CC2=O)c1. The molecule has 2 bridgehead atoms. The third-order valence-electron chi connectivity index (χ3n) is 8.67. The molecule has 36 heavy (non-hydrogen) atoms. The number of ether oxygens (including phenoxy) is 1. The number of hydrogen-bond acceptors (Lipinski definition) is 5. The Bertz CT molecular complexity index is 1290. The first-order chi connectivity index (χ1) is 17.2. The molecule has 5 atom stereocenters. The van der Waals surface area contributed by atoms with Crippen molar-refractivity contribution >= 4 is 35.1 Å². The maximum absolute atomic E-state index is 13.2. The minimum atomic E-state index is -0.561. The third kappa shape index (κ3) is 3.47. The van der Waals surface area contributed by atoms with E-state index in [0.29, 0.717) is 28.8 Å². The number of aryl methyl sites for hydroxylation is 3. The second-order valence-corrected chi connectivity index (χ2v) is 11.0. The van der Waals surface area contributed by atoms with E-state index < -0.39 is 11.9 Å². The van der Waals surface area contributed by atoms with Crippen molar-refractivity contribution < 1.29 is 23.9 Å². The summed E-state index contributed by atoms with van der Waals surface area (Å²) in [5.41, 5.74) is 4.13. The fourth-order valence-electron chi connectivity index (χ4n) is 6.90. The van der Waals surface area contributed by atoms with Crippen LogP contribution in [0.25, 0.3) is 0 Å². The Morgan fingerprint density at radius 1 is 0.861 bits per heavy atom. The zero-order valence-corrected chi connectivity index (χ0v) is 20.8. The van der Waals surface area contributed by atoms with E-state index in [-0.39, 0.29) is 42.5 Å². The quantitative estimate of drug-likeness (QED) is 0.369. The highest BCUT2D eigenvalue weighted by molar-refractivity contribution is 6.23. The average Bonchev–Trinajstić information content (AvgIpc) is 3.60. The van der Waals surface area contributed by atoms with Crippen LogP contribution in [0, 0.1) is 50.4 Å². The normalized spacial score (nSPS) is 28.9. The van der Waals surface area contributed by atoms with Crippen molar-refractivity contribution in [3.05, 3.63) is 53.1 Å². The van der Waals surface area contributed by atoms with Gasteiger partial charge in [-0.25, -0.2) is 4.90 Å². The van der Waals surface area contributed by atoms with Gasteiger partial charge in [0.25, 0.3) is 0 Å². The maximum atomic E-state index is 13.2. The Morgan fingerprint density at radius 2 is 1.56 bits per heavy atom. The van der Waals surface area contributed by atoms with Crippen molar-refractivity contribution in [1.82, 2.24) is 0 Å². The lowest BCUT2D eigenvalue weighted by Gasteiger charge is -2.20. The van der Waals surface area contributed by atoms with Gasteiger partial charge >= 0.3 is 5.97 Å². The molecule has 186 valence electrons. The van der Waals surface area contributed by atoms with Gasteiger partial charge in [-0.2, -0.15) is 0 Å². The molecule has 7 heteroatoms. The number of hydrogen-bond donors (Lipinski definition) is 0. The van der Waals surface area contributed by atoms with Gasteiger partial charge in [0.1, 0.15) is 5.75 Å². The maximum Gasteiger partial charge on any atom is 0.316 e. The van der Waals surface area contributed by atoms with E-state index in [9.17, 15) is 19.2 Å². The van der Waals surface area contributed by atoms with Gasteiger partial charge in [-0.05, 0) is 92.8 Å². The van der Waals surface area contributed by atoms with Crippen molar-refractivity contribution in [2.24, 2.45) is 29.6 Å². The number of esters is 1. The Kier molecular flexibility index (Phi) is 5.28. The van der Waals surface area contributed by atoms with E-state index in [2.05, 4.69) is 0 Å². The van der Waals surface area contributed by atoms with Crippen molar-refractivity contribution in [3.63, 3.8) is 0 Å². The molecule has 0 N–H and O–H groups in total. The van der Waals surface area contributed by atoms with Crippen LogP contribution in [0.2, 0.25) is 0 Å². The van der Waals surface area contributed by atoms with E-state index in [1.165, 1.54) is 4.90 Å². The molecule has 7 nitrogen and oxygen atoms in total.